The van der Waals surface area contributed by atoms with E-state index in [-0.39, 0.29) is 48.0 Å². The number of fused-ring (bicyclic) bond motifs is 1. The van der Waals surface area contributed by atoms with E-state index in [1.54, 1.807) is 12.1 Å². The van der Waals surface area contributed by atoms with Crippen molar-refractivity contribution in [2.45, 2.75) is 32.2 Å². The summed E-state index contributed by atoms with van der Waals surface area (Å²) in [5.74, 6) is -0.618. The van der Waals surface area contributed by atoms with Crippen LogP contribution in [0.15, 0.2) is 41.8 Å². The number of carbonyl (C=O) groups is 3. The van der Waals surface area contributed by atoms with Crippen LogP contribution in [0.1, 0.15) is 26.2 Å². The van der Waals surface area contributed by atoms with Gasteiger partial charge >= 0.3 is 0 Å². The van der Waals surface area contributed by atoms with Crippen LogP contribution in [-0.4, -0.2) is 40.1 Å². The van der Waals surface area contributed by atoms with Crippen molar-refractivity contribution >= 4 is 17.5 Å². The predicted octanol–water partition coefficient (Wildman–Crippen LogP) is 2.00. The molecule has 2 atom stereocenters. The third kappa shape index (κ3) is 2.91. The lowest BCUT2D eigenvalue weighted by molar-refractivity contribution is -0.158. The lowest BCUT2D eigenvalue weighted by Crippen LogP contribution is -2.63. The van der Waals surface area contributed by atoms with E-state index in [0.29, 0.717) is 18.6 Å². The number of amides is 1. The molecule has 0 radical (unpaired) electrons. The molecule has 24 heavy (non-hydrogen) atoms. The lowest BCUT2D eigenvalue weighted by Gasteiger charge is -2.49. The Hall–Kier alpha value is -2.63. The van der Waals surface area contributed by atoms with Crippen molar-refractivity contribution in [2.75, 3.05) is 6.61 Å². The summed E-state index contributed by atoms with van der Waals surface area (Å²) in [6, 6.07) is 8.83. The summed E-state index contributed by atoms with van der Waals surface area (Å²) in [6.45, 7) is 1.24. The van der Waals surface area contributed by atoms with E-state index in [0.717, 1.165) is 0 Å². The van der Waals surface area contributed by atoms with Gasteiger partial charge in [0.15, 0.2) is 11.6 Å². The summed E-state index contributed by atoms with van der Waals surface area (Å²) in [6.07, 6.45) is 1.01. The number of ketones is 2. The maximum absolute atomic E-state index is 12.3. The van der Waals surface area contributed by atoms with Crippen LogP contribution in [0.5, 0.6) is 5.75 Å². The van der Waals surface area contributed by atoms with Gasteiger partial charge in [-0.05, 0) is 18.6 Å². The fraction of sp³-hybridized carbons (Fsp3) is 0.389. The number of hydrogen-bond acceptors (Lipinski definition) is 5. The Morgan fingerprint density at radius 1 is 1.29 bits per heavy atom. The van der Waals surface area contributed by atoms with Gasteiger partial charge in [0.1, 0.15) is 23.8 Å². The molecule has 1 unspecified atom stereocenters. The Kier molecular flexibility index (Phi) is 4.38. The first kappa shape index (κ1) is 16.2. The van der Waals surface area contributed by atoms with Gasteiger partial charge in [0.05, 0.1) is 5.92 Å². The van der Waals surface area contributed by atoms with Gasteiger partial charge in [-0.25, -0.2) is 0 Å². The number of rotatable bonds is 6. The van der Waals surface area contributed by atoms with E-state index in [4.69, 9.17) is 4.74 Å². The molecule has 0 bridgehead atoms. The molecule has 1 saturated heterocycles. The topological polar surface area (TPSA) is 83.9 Å². The highest BCUT2D eigenvalue weighted by molar-refractivity contribution is 6.02. The SMILES string of the molecule is CC(=O)C1=C(O)CCC2[C@H](CC(=O)COc3ccccc3)C(=O)N12. The molecule has 2 aliphatic rings. The van der Waals surface area contributed by atoms with Crippen molar-refractivity contribution in [3.8, 4) is 5.75 Å². The maximum atomic E-state index is 12.3. The van der Waals surface area contributed by atoms with Gasteiger partial charge in [0.2, 0.25) is 5.91 Å². The Morgan fingerprint density at radius 3 is 2.67 bits per heavy atom. The minimum absolute atomic E-state index is 0.0377. The Bertz CT molecular complexity index is 709. The Labute approximate surface area is 139 Å². The summed E-state index contributed by atoms with van der Waals surface area (Å²) in [5.41, 5.74) is 0.0838. The Morgan fingerprint density at radius 2 is 2.00 bits per heavy atom. The van der Waals surface area contributed by atoms with E-state index in [2.05, 4.69) is 0 Å². The fourth-order valence-electron chi connectivity index (χ4n) is 3.33. The van der Waals surface area contributed by atoms with Crippen LogP contribution >= 0.6 is 0 Å². The van der Waals surface area contributed by atoms with Crippen LogP contribution in [0.4, 0.5) is 0 Å². The van der Waals surface area contributed by atoms with Crippen LogP contribution in [0, 0.1) is 5.92 Å². The average Bonchev–Trinajstić information content (AvgIpc) is 2.58. The summed E-state index contributed by atoms with van der Waals surface area (Å²) in [4.78, 5) is 37.4. The van der Waals surface area contributed by atoms with Crippen LogP contribution in [-0.2, 0) is 14.4 Å². The summed E-state index contributed by atoms with van der Waals surface area (Å²) in [5, 5.41) is 9.84. The van der Waals surface area contributed by atoms with Crippen molar-refractivity contribution in [2.24, 2.45) is 5.92 Å². The molecule has 0 saturated carbocycles. The molecule has 126 valence electrons. The summed E-state index contributed by atoms with van der Waals surface area (Å²) in [7, 11) is 0. The third-order valence-electron chi connectivity index (χ3n) is 4.47. The molecule has 0 aliphatic carbocycles. The number of benzene rings is 1. The van der Waals surface area contributed by atoms with Crippen molar-refractivity contribution in [1.82, 2.24) is 4.90 Å². The van der Waals surface area contributed by atoms with Crippen molar-refractivity contribution in [1.29, 1.82) is 0 Å². The van der Waals surface area contributed by atoms with Gasteiger partial charge in [-0.2, -0.15) is 0 Å². The van der Waals surface area contributed by atoms with Crippen molar-refractivity contribution in [3.05, 3.63) is 41.8 Å². The number of allylic oxidation sites excluding steroid dienone is 2. The van der Waals surface area contributed by atoms with Crippen LogP contribution in [0.25, 0.3) is 0 Å². The molecule has 1 fully saturated rings. The second kappa shape index (κ2) is 6.47. The summed E-state index contributed by atoms with van der Waals surface area (Å²) < 4.78 is 5.41. The van der Waals surface area contributed by atoms with E-state index >= 15 is 0 Å². The Balaban J connectivity index is 1.59. The van der Waals surface area contributed by atoms with Gasteiger partial charge in [0.25, 0.3) is 0 Å². The van der Waals surface area contributed by atoms with Gasteiger partial charge in [-0.3, -0.25) is 14.4 Å². The number of Topliss-reactive ketones (excluding diaryl/α,β-unsaturated/α-hetero) is 2. The predicted molar refractivity (Wildman–Crippen MR) is 85.3 cm³/mol. The fourth-order valence-corrected chi connectivity index (χ4v) is 3.33. The highest BCUT2D eigenvalue weighted by atomic mass is 16.5. The molecule has 3 rings (SSSR count). The minimum atomic E-state index is -0.431. The van der Waals surface area contributed by atoms with Crippen molar-refractivity contribution in [3.63, 3.8) is 0 Å². The number of hydrogen-bond donors (Lipinski definition) is 1. The highest BCUT2D eigenvalue weighted by Gasteiger charge is 2.52. The molecule has 6 nitrogen and oxygen atoms in total. The first-order valence-corrected chi connectivity index (χ1v) is 7.94. The highest BCUT2D eigenvalue weighted by Crippen LogP contribution is 2.41. The molecule has 1 aromatic rings. The molecule has 0 spiro atoms. The smallest absolute Gasteiger partial charge is 0.233 e. The molecule has 1 aromatic carbocycles. The van der Waals surface area contributed by atoms with Gasteiger partial charge in [0, 0.05) is 25.8 Å². The summed E-state index contributed by atoms with van der Waals surface area (Å²) >= 11 is 0. The van der Waals surface area contributed by atoms with E-state index in [1.807, 2.05) is 18.2 Å². The second-order valence-electron chi connectivity index (χ2n) is 6.12. The quantitative estimate of drug-likeness (QED) is 0.807. The normalized spacial score (nSPS) is 22.7. The number of nitrogens with zero attached hydrogens (tertiary/aromatic N) is 1. The lowest BCUT2D eigenvalue weighted by atomic mass is 9.77. The molecule has 2 aliphatic heterocycles. The van der Waals surface area contributed by atoms with E-state index < -0.39 is 5.92 Å². The number of aliphatic hydroxyl groups is 1. The van der Waals surface area contributed by atoms with Gasteiger partial charge < -0.3 is 14.7 Å². The van der Waals surface area contributed by atoms with Gasteiger partial charge in [-0.1, -0.05) is 18.2 Å². The first-order valence-electron chi connectivity index (χ1n) is 7.94. The largest absolute Gasteiger partial charge is 0.510 e. The molecule has 1 N–H and O–H groups in total. The first-order chi connectivity index (χ1) is 11.5. The van der Waals surface area contributed by atoms with Crippen LogP contribution in [0.2, 0.25) is 0 Å². The zero-order valence-electron chi connectivity index (χ0n) is 13.4. The monoisotopic (exact) mass is 329 g/mol. The minimum Gasteiger partial charge on any atom is -0.510 e. The van der Waals surface area contributed by atoms with Crippen LogP contribution < -0.4 is 4.74 Å². The number of para-hydroxylation sites is 1. The zero-order chi connectivity index (χ0) is 17.3. The van der Waals surface area contributed by atoms with E-state index in [9.17, 15) is 19.5 Å². The molecular weight excluding hydrogens is 310 g/mol. The molecule has 2 heterocycles. The number of ether oxygens (including phenoxy) is 1. The maximum Gasteiger partial charge on any atom is 0.233 e. The van der Waals surface area contributed by atoms with Gasteiger partial charge in [-0.15, -0.1) is 0 Å². The van der Waals surface area contributed by atoms with Crippen LogP contribution in [0.3, 0.4) is 0 Å². The number of carbonyl (C=O) groups excluding carboxylic acids is 3. The number of β-lactam (4-membered cyclic amide) rings is 1. The standard InChI is InChI=1S/C18H19NO5/c1-11(20)17-16(22)8-7-15-14(18(23)19(15)17)9-12(21)10-24-13-5-3-2-4-6-13/h2-6,14-15,22H,7-10H2,1H3/t14-,15?/m0/s1. The third-order valence-corrected chi connectivity index (χ3v) is 4.47. The molecule has 0 aromatic heterocycles. The number of aliphatic hydroxyl groups excluding tert-OH is 1. The zero-order valence-corrected chi connectivity index (χ0v) is 13.4. The van der Waals surface area contributed by atoms with E-state index in [1.165, 1.54) is 11.8 Å². The van der Waals surface area contributed by atoms with Crippen molar-refractivity contribution < 1.29 is 24.2 Å². The second-order valence-corrected chi connectivity index (χ2v) is 6.12. The average molecular weight is 329 g/mol. The molecule has 1 amide bonds. The molecular formula is C18H19NO5. The molecule has 6 heteroatoms.